The molecule has 0 bridgehead atoms. The number of allylic oxidation sites excluding steroid dienone is 3. The van der Waals surface area contributed by atoms with Crippen molar-refractivity contribution in [2.45, 2.75) is 91.5 Å². The first-order valence-electron chi connectivity index (χ1n) is 9.77. The molecule has 2 aliphatic carbocycles. The van der Waals surface area contributed by atoms with Crippen LogP contribution in [0, 0.1) is 11.3 Å². The molecule has 5 atom stereocenters. The van der Waals surface area contributed by atoms with Crippen LogP contribution in [0.1, 0.15) is 73.6 Å². The summed E-state index contributed by atoms with van der Waals surface area (Å²) in [7, 11) is 0. The molecule has 1 aliphatic heterocycles. The number of hydrogen-bond acceptors (Lipinski definition) is 4. The lowest BCUT2D eigenvalue weighted by atomic mass is 9.72. The maximum atomic E-state index is 12.7. The van der Waals surface area contributed by atoms with Gasteiger partial charge in [-0.3, -0.25) is 9.59 Å². The van der Waals surface area contributed by atoms with Crippen molar-refractivity contribution in [3.05, 3.63) is 22.8 Å². The average Bonchev–Trinajstić information content (AvgIpc) is 3.11. The molecule has 4 heteroatoms. The third kappa shape index (κ3) is 3.53. The Bertz CT molecular complexity index is 684. The number of epoxide rings is 1. The zero-order valence-corrected chi connectivity index (χ0v) is 17.0. The molecule has 2 fully saturated rings. The van der Waals surface area contributed by atoms with Gasteiger partial charge in [0.05, 0.1) is 5.60 Å². The molecule has 3 rings (SSSR count). The summed E-state index contributed by atoms with van der Waals surface area (Å²) in [5, 5.41) is 0. The van der Waals surface area contributed by atoms with Crippen LogP contribution in [0.25, 0.3) is 0 Å². The van der Waals surface area contributed by atoms with E-state index in [1.807, 2.05) is 0 Å². The molecular weight excluding hydrogens is 328 g/mol. The van der Waals surface area contributed by atoms with E-state index in [4.69, 9.17) is 9.47 Å². The highest BCUT2D eigenvalue weighted by molar-refractivity contribution is 5.99. The van der Waals surface area contributed by atoms with Crippen molar-refractivity contribution in [1.29, 1.82) is 0 Å². The van der Waals surface area contributed by atoms with E-state index in [9.17, 15) is 9.59 Å². The first-order valence-corrected chi connectivity index (χ1v) is 9.77. The largest absolute Gasteiger partial charge is 0.459 e. The Morgan fingerprint density at radius 2 is 1.96 bits per heavy atom. The molecule has 4 nitrogen and oxygen atoms in total. The van der Waals surface area contributed by atoms with Gasteiger partial charge in [-0.25, -0.2) is 0 Å². The van der Waals surface area contributed by atoms with Crippen LogP contribution in [-0.4, -0.2) is 29.6 Å². The van der Waals surface area contributed by atoms with Crippen LogP contribution < -0.4 is 0 Å². The number of rotatable bonds is 1. The van der Waals surface area contributed by atoms with Crippen molar-refractivity contribution in [3.63, 3.8) is 0 Å². The fourth-order valence-corrected chi connectivity index (χ4v) is 5.05. The lowest BCUT2D eigenvalue weighted by Crippen LogP contribution is -2.28. The molecule has 0 aromatic heterocycles. The Labute approximate surface area is 157 Å². The number of esters is 1. The van der Waals surface area contributed by atoms with Crippen molar-refractivity contribution in [2.24, 2.45) is 11.3 Å². The molecule has 144 valence electrons. The van der Waals surface area contributed by atoms with Gasteiger partial charge in [0.15, 0.2) is 5.78 Å². The molecule has 0 aromatic rings. The normalized spacial score (nSPS) is 42.1. The quantitative estimate of drug-likeness (QED) is 0.298. The van der Waals surface area contributed by atoms with Gasteiger partial charge in [0, 0.05) is 19.8 Å². The number of fused-ring (bicyclic) bond motifs is 2. The molecule has 1 saturated heterocycles. The molecule has 0 unspecified atom stereocenters. The number of carbonyl (C=O) groups is 2. The molecular formula is C22H32O4. The second kappa shape index (κ2) is 6.63. The fraction of sp³-hybridized carbons (Fsp3) is 0.727. The molecule has 0 spiro atoms. The van der Waals surface area contributed by atoms with Gasteiger partial charge in [-0.1, -0.05) is 24.1 Å². The molecule has 0 N–H and O–H groups in total. The summed E-state index contributed by atoms with van der Waals surface area (Å²) in [5.41, 5.74) is 3.09. The maximum absolute atomic E-state index is 12.7. The number of carbonyl (C=O) groups excluding carboxylic acids is 2. The van der Waals surface area contributed by atoms with Gasteiger partial charge in [-0.2, -0.15) is 0 Å². The molecule has 1 heterocycles. The highest BCUT2D eigenvalue weighted by Gasteiger charge is 2.58. The van der Waals surface area contributed by atoms with Gasteiger partial charge < -0.3 is 9.47 Å². The van der Waals surface area contributed by atoms with Crippen LogP contribution >= 0.6 is 0 Å². The van der Waals surface area contributed by atoms with E-state index in [1.54, 1.807) is 0 Å². The minimum absolute atomic E-state index is 0.0348. The van der Waals surface area contributed by atoms with Crippen molar-refractivity contribution in [3.8, 4) is 0 Å². The zero-order valence-electron chi connectivity index (χ0n) is 17.0. The standard InChI is InChI=1S/C22H32O4/c1-13(2)19-16-8-10-22(6)20(26-22)18(25-15(4)23)11-14(3)7-9-21(16,5)12-17(19)24/h7,16,18,20H,8-12H2,1-6H3/b14-7+/t16-,18+,20+,21-,22+/m1/s1. The van der Waals surface area contributed by atoms with Gasteiger partial charge in [-0.15, -0.1) is 0 Å². The summed E-state index contributed by atoms with van der Waals surface area (Å²) in [5.74, 6) is 0.338. The Morgan fingerprint density at radius 3 is 2.58 bits per heavy atom. The zero-order chi connectivity index (χ0) is 19.3. The fourth-order valence-electron chi connectivity index (χ4n) is 5.05. The molecule has 0 aromatic carbocycles. The van der Waals surface area contributed by atoms with E-state index in [0.29, 0.717) is 18.6 Å². The Hall–Kier alpha value is -1.42. The van der Waals surface area contributed by atoms with Crippen LogP contribution in [0.15, 0.2) is 22.8 Å². The van der Waals surface area contributed by atoms with Gasteiger partial charge in [0.2, 0.25) is 0 Å². The Balaban J connectivity index is 1.93. The van der Waals surface area contributed by atoms with E-state index in [0.717, 1.165) is 30.4 Å². The molecule has 0 radical (unpaired) electrons. The van der Waals surface area contributed by atoms with Crippen LogP contribution in [0.5, 0.6) is 0 Å². The van der Waals surface area contributed by atoms with Crippen LogP contribution in [0.4, 0.5) is 0 Å². The van der Waals surface area contributed by atoms with Crippen LogP contribution in [-0.2, 0) is 19.1 Å². The third-order valence-electron chi connectivity index (χ3n) is 6.56. The summed E-state index contributed by atoms with van der Waals surface area (Å²) in [6.07, 6.45) is 6.01. The predicted molar refractivity (Wildman–Crippen MR) is 101 cm³/mol. The summed E-state index contributed by atoms with van der Waals surface area (Å²) >= 11 is 0. The molecule has 1 saturated carbocycles. The van der Waals surface area contributed by atoms with Crippen molar-refractivity contribution in [1.82, 2.24) is 0 Å². The predicted octanol–water partition coefficient (Wildman–Crippen LogP) is 4.53. The number of hydrogen-bond donors (Lipinski definition) is 0. The monoisotopic (exact) mass is 360 g/mol. The first kappa shape index (κ1) is 19.3. The van der Waals surface area contributed by atoms with Gasteiger partial charge in [0.25, 0.3) is 0 Å². The number of ether oxygens (including phenoxy) is 2. The Morgan fingerprint density at radius 1 is 1.27 bits per heavy atom. The first-order chi connectivity index (χ1) is 12.1. The second-order valence-electron chi connectivity index (χ2n) is 9.22. The molecule has 26 heavy (non-hydrogen) atoms. The minimum Gasteiger partial charge on any atom is -0.459 e. The smallest absolute Gasteiger partial charge is 0.303 e. The van der Waals surface area contributed by atoms with E-state index in [1.165, 1.54) is 12.5 Å². The topological polar surface area (TPSA) is 55.9 Å². The number of ketones is 1. The lowest BCUT2D eigenvalue weighted by molar-refractivity contribution is -0.147. The van der Waals surface area contributed by atoms with Gasteiger partial charge >= 0.3 is 5.97 Å². The molecule has 0 amide bonds. The summed E-state index contributed by atoms with van der Waals surface area (Å²) in [6, 6.07) is 0. The third-order valence-corrected chi connectivity index (χ3v) is 6.56. The average molecular weight is 360 g/mol. The summed E-state index contributed by atoms with van der Waals surface area (Å²) < 4.78 is 11.6. The maximum Gasteiger partial charge on any atom is 0.303 e. The van der Waals surface area contributed by atoms with Gasteiger partial charge in [0.1, 0.15) is 12.2 Å². The second-order valence-corrected chi connectivity index (χ2v) is 9.22. The Kier molecular flexibility index (Phi) is 4.93. The lowest BCUT2D eigenvalue weighted by Gasteiger charge is -2.31. The van der Waals surface area contributed by atoms with Crippen molar-refractivity contribution < 1.29 is 19.1 Å². The SMILES string of the molecule is CC(=O)O[C@H]1C/C(C)=C/C[C@]2(C)CC(=O)C(=C(C)C)[C@H]2CC[C@]2(C)O[C@@H]12. The van der Waals surface area contributed by atoms with Gasteiger partial charge in [-0.05, 0) is 63.9 Å². The van der Waals surface area contributed by atoms with E-state index >= 15 is 0 Å². The summed E-state index contributed by atoms with van der Waals surface area (Å²) in [6.45, 7) is 12.0. The van der Waals surface area contributed by atoms with Crippen LogP contribution in [0.3, 0.4) is 0 Å². The molecule has 3 aliphatic rings. The van der Waals surface area contributed by atoms with Crippen molar-refractivity contribution >= 4 is 11.8 Å². The van der Waals surface area contributed by atoms with Crippen LogP contribution in [0.2, 0.25) is 0 Å². The number of Topliss-reactive ketones (excluding diaryl/α,β-unsaturated/α-hetero) is 1. The minimum atomic E-state index is -0.260. The van der Waals surface area contributed by atoms with E-state index in [-0.39, 0.29) is 35.1 Å². The van der Waals surface area contributed by atoms with E-state index in [2.05, 4.69) is 40.7 Å². The highest BCUT2D eigenvalue weighted by Crippen LogP contribution is 2.54. The summed E-state index contributed by atoms with van der Waals surface area (Å²) in [4.78, 5) is 24.2. The van der Waals surface area contributed by atoms with Crippen molar-refractivity contribution in [2.75, 3.05) is 0 Å². The highest BCUT2D eigenvalue weighted by atomic mass is 16.6. The van der Waals surface area contributed by atoms with E-state index < -0.39 is 0 Å².